The van der Waals surface area contributed by atoms with Gasteiger partial charge in [-0.25, -0.2) is 0 Å². The van der Waals surface area contributed by atoms with E-state index in [-0.39, 0.29) is 0 Å². The zero-order valence-corrected chi connectivity index (χ0v) is 13.5. The largest absolute Gasteiger partial charge is 0.331 e. The number of nitrogens with one attached hydrogen (secondary N) is 1. The lowest BCUT2D eigenvalue weighted by Gasteiger charge is -2.25. The van der Waals surface area contributed by atoms with Gasteiger partial charge in [0.25, 0.3) is 0 Å². The second kappa shape index (κ2) is 5.68. The number of nitrogens with zero attached hydrogens (tertiary/aromatic N) is 1. The highest BCUT2D eigenvalue weighted by molar-refractivity contribution is 7.71. The molecule has 0 aliphatic carbocycles. The predicted octanol–water partition coefficient (Wildman–Crippen LogP) is 5.28. The Morgan fingerprint density at radius 3 is 2.42 bits per heavy atom. The van der Waals surface area contributed by atoms with Gasteiger partial charge in [0.2, 0.25) is 0 Å². The predicted molar refractivity (Wildman–Crippen MR) is 85.3 cm³/mol. The Labute approximate surface area is 124 Å². The Hall–Kier alpha value is -0.800. The lowest BCUT2D eigenvalue weighted by molar-refractivity contribution is 0.253. The van der Waals surface area contributed by atoms with E-state index in [1.54, 1.807) is 0 Å². The van der Waals surface area contributed by atoms with Gasteiger partial charge in [-0.1, -0.05) is 39.3 Å². The highest BCUT2D eigenvalue weighted by atomic mass is 35.5. The molecule has 104 valence electrons. The molecule has 4 heteroatoms. The van der Waals surface area contributed by atoms with E-state index in [0.29, 0.717) is 17.8 Å². The van der Waals surface area contributed by atoms with Crippen molar-refractivity contribution in [2.45, 2.75) is 34.2 Å². The number of rotatable bonds is 4. The summed E-state index contributed by atoms with van der Waals surface area (Å²) in [5.41, 5.74) is 2.16. The molecule has 1 heterocycles. The summed E-state index contributed by atoms with van der Waals surface area (Å²) in [6, 6.07) is 5.90. The molecule has 0 fully saturated rings. The standard InChI is InChI=1S/C15H21ClN2S/c1-9(2)12(10(3)4)8-18-14-6-5-11(16)7-13(14)17-15(18)19/h5-7,9-10,12H,8H2,1-4H3,(H,17,19). The first-order valence-electron chi connectivity index (χ1n) is 6.78. The molecule has 0 amide bonds. The molecule has 1 N–H and O–H groups in total. The molecule has 0 aliphatic rings. The number of benzene rings is 1. The lowest BCUT2D eigenvalue weighted by Crippen LogP contribution is -2.21. The van der Waals surface area contributed by atoms with Crippen molar-refractivity contribution in [3.8, 4) is 0 Å². The van der Waals surface area contributed by atoms with Crippen LogP contribution in [0.5, 0.6) is 0 Å². The topological polar surface area (TPSA) is 20.7 Å². The van der Waals surface area contributed by atoms with Crippen molar-refractivity contribution in [2.75, 3.05) is 0 Å². The third-order valence-corrected chi connectivity index (χ3v) is 4.40. The Balaban J connectivity index is 2.45. The number of imidazole rings is 1. The molecule has 2 rings (SSSR count). The molecule has 0 saturated carbocycles. The van der Waals surface area contributed by atoms with Gasteiger partial charge in [-0.2, -0.15) is 0 Å². The maximum atomic E-state index is 6.02. The summed E-state index contributed by atoms with van der Waals surface area (Å²) in [7, 11) is 0. The Kier molecular flexibility index (Phi) is 4.36. The van der Waals surface area contributed by atoms with Crippen LogP contribution in [0.2, 0.25) is 5.02 Å². The van der Waals surface area contributed by atoms with Gasteiger partial charge in [-0.3, -0.25) is 0 Å². The molecule has 0 spiro atoms. The molecule has 0 radical (unpaired) electrons. The molecule has 1 aromatic heterocycles. The fourth-order valence-corrected chi connectivity index (χ4v) is 3.17. The van der Waals surface area contributed by atoms with Crippen molar-refractivity contribution in [1.82, 2.24) is 9.55 Å². The van der Waals surface area contributed by atoms with Crippen LogP contribution in [-0.4, -0.2) is 9.55 Å². The van der Waals surface area contributed by atoms with Crippen molar-refractivity contribution in [3.63, 3.8) is 0 Å². The van der Waals surface area contributed by atoms with Crippen molar-refractivity contribution in [2.24, 2.45) is 17.8 Å². The molecule has 0 saturated heterocycles. The summed E-state index contributed by atoms with van der Waals surface area (Å²) >= 11 is 11.5. The molecule has 0 atom stereocenters. The summed E-state index contributed by atoms with van der Waals surface area (Å²) < 4.78 is 2.98. The van der Waals surface area contributed by atoms with Crippen LogP contribution in [0.1, 0.15) is 27.7 Å². The zero-order chi connectivity index (χ0) is 14.2. The van der Waals surface area contributed by atoms with Gasteiger partial charge in [-0.15, -0.1) is 0 Å². The van der Waals surface area contributed by atoms with Gasteiger partial charge < -0.3 is 9.55 Å². The van der Waals surface area contributed by atoms with Crippen LogP contribution in [-0.2, 0) is 6.54 Å². The molecule has 2 nitrogen and oxygen atoms in total. The van der Waals surface area contributed by atoms with Gasteiger partial charge >= 0.3 is 0 Å². The van der Waals surface area contributed by atoms with Gasteiger partial charge in [0, 0.05) is 11.6 Å². The lowest BCUT2D eigenvalue weighted by atomic mass is 9.85. The molecule has 2 aromatic rings. The Morgan fingerprint density at radius 1 is 1.21 bits per heavy atom. The van der Waals surface area contributed by atoms with E-state index in [9.17, 15) is 0 Å². The molecular formula is C15H21ClN2S. The third kappa shape index (κ3) is 3.03. The minimum absolute atomic E-state index is 0.612. The van der Waals surface area contributed by atoms with Gasteiger partial charge in [0.15, 0.2) is 4.77 Å². The van der Waals surface area contributed by atoms with Crippen LogP contribution in [0.15, 0.2) is 18.2 Å². The van der Waals surface area contributed by atoms with Crippen molar-refractivity contribution in [1.29, 1.82) is 0 Å². The maximum Gasteiger partial charge on any atom is 0.178 e. The number of fused-ring (bicyclic) bond motifs is 1. The van der Waals surface area contributed by atoms with Crippen LogP contribution < -0.4 is 0 Å². The monoisotopic (exact) mass is 296 g/mol. The van der Waals surface area contributed by atoms with Crippen molar-refractivity contribution in [3.05, 3.63) is 28.0 Å². The quantitative estimate of drug-likeness (QED) is 0.761. The second-order valence-electron chi connectivity index (χ2n) is 5.85. The third-order valence-electron chi connectivity index (χ3n) is 3.84. The summed E-state index contributed by atoms with van der Waals surface area (Å²) in [6.07, 6.45) is 0. The Bertz CT molecular complexity index is 617. The second-order valence-corrected chi connectivity index (χ2v) is 6.68. The summed E-state index contributed by atoms with van der Waals surface area (Å²) in [5.74, 6) is 1.89. The fraction of sp³-hybridized carbons (Fsp3) is 0.533. The minimum Gasteiger partial charge on any atom is -0.331 e. The van der Waals surface area contributed by atoms with E-state index in [1.807, 2.05) is 18.2 Å². The van der Waals surface area contributed by atoms with E-state index >= 15 is 0 Å². The Morgan fingerprint density at radius 2 is 1.84 bits per heavy atom. The minimum atomic E-state index is 0.612. The molecular weight excluding hydrogens is 276 g/mol. The maximum absolute atomic E-state index is 6.02. The van der Waals surface area contributed by atoms with Crippen LogP contribution in [0.3, 0.4) is 0 Å². The number of aromatic nitrogens is 2. The summed E-state index contributed by atoms with van der Waals surface area (Å²) in [6.45, 7) is 10.1. The highest BCUT2D eigenvalue weighted by Crippen LogP contribution is 2.26. The summed E-state index contributed by atoms with van der Waals surface area (Å²) in [4.78, 5) is 3.24. The smallest absolute Gasteiger partial charge is 0.178 e. The highest BCUT2D eigenvalue weighted by Gasteiger charge is 2.19. The first-order valence-corrected chi connectivity index (χ1v) is 7.57. The number of H-pyrrole nitrogens is 1. The van der Waals surface area contributed by atoms with Gasteiger partial charge in [0.05, 0.1) is 11.0 Å². The van der Waals surface area contributed by atoms with Gasteiger partial charge in [0.1, 0.15) is 0 Å². The molecule has 0 aliphatic heterocycles. The van der Waals surface area contributed by atoms with E-state index < -0.39 is 0 Å². The van der Waals surface area contributed by atoms with Gasteiger partial charge in [-0.05, 0) is 48.2 Å². The number of hydrogen-bond acceptors (Lipinski definition) is 1. The number of halogens is 1. The average molecular weight is 297 g/mol. The molecule has 1 aromatic carbocycles. The van der Waals surface area contributed by atoms with Crippen LogP contribution in [0, 0.1) is 22.5 Å². The number of hydrogen-bond donors (Lipinski definition) is 1. The molecule has 0 unspecified atom stereocenters. The fourth-order valence-electron chi connectivity index (χ4n) is 2.72. The number of aromatic amines is 1. The normalized spacial score (nSPS) is 12.2. The van der Waals surface area contributed by atoms with Crippen LogP contribution >= 0.6 is 23.8 Å². The average Bonchev–Trinajstić information content (AvgIpc) is 2.60. The van der Waals surface area contributed by atoms with Crippen LogP contribution in [0.4, 0.5) is 0 Å². The van der Waals surface area contributed by atoms with Crippen LogP contribution in [0.25, 0.3) is 11.0 Å². The van der Waals surface area contributed by atoms with E-state index in [0.717, 1.165) is 27.4 Å². The first kappa shape index (κ1) is 14.6. The van der Waals surface area contributed by atoms with E-state index in [1.165, 1.54) is 0 Å². The summed E-state index contributed by atoms with van der Waals surface area (Å²) in [5, 5.41) is 0.736. The first-order chi connectivity index (χ1) is 8.90. The van der Waals surface area contributed by atoms with Crippen molar-refractivity contribution >= 4 is 34.9 Å². The SMILES string of the molecule is CC(C)C(Cn1c(=S)[nH]c2cc(Cl)ccc21)C(C)C. The molecule has 19 heavy (non-hydrogen) atoms. The van der Waals surface area contributed by atoms with Crippen molar-refractivity contribution < 1.29 is 0 Å². The molecule has 0 bridgehead atoms. The van der Waals surface area contributed by atoms with E-state index in [4.69, 9.17) is 23.8 Å². The van der Waals surface area contributed by atoms with E-state index in [2.05, 4.69) is 37.2 Å². The zero-order valence-electron chi connectivity index (χ0n) is 11.9.